The van der Waals surface area contributed by atoms with Crippen LogP contribution in [0.5, 0.6) is 5.75 Å². The number of hydrogen-bond acceptors (Lipinski definition) is 6. The SMILES string of the molecule is CCCN(CCCCCCCN1CC[C@@H](C(C(N)=O)(c2ccccc2)c2ccccc2)C1)C1CCN(Cc2cnccc2OC)CC1. The van der Waals surface area contributed by atoms with E-state index < -0.39 is 5.41 Å². The predicted octanol–water partition coefficient (Wildman–Crippen LogP) is 6.51. The van der Waals surface area contributed by atoms with Crippen molar-refractivity contribution in [3.8, 4) is 5.75 Å². The van der Waals surface area contributed by atoms with Gasteiger partial charge in [0.25, 0.3) is 0 Å². The molecule has 2 N–H and O–H groups in total. The van der Waals surface area contributed by atoms with E-state index in [1.54, 1.807) is 13.3 Å². The van der Waals surface area contributed by atoms with Gasteiger partial charge in [-0.25, -0.2) is 0 Å². The van der Waals surface area contributed by atoms with Gasteiger partial charge in [-0.2, -0.15) is 0 Å². The highest BCUT2D eigenvalue weighted by Gasteiger charge is 2.49. The molecule has 0 unspecified atom stereocenters. The molecule has 1 aromatic heterocycles. The molecule has 2 aliphatic heterocycles. The van der Waals surface area contributed by atoms with Gasteiger partial charge in [-0.05, 0) is 101 Å². The number of nitrogens with zero attached hydrogens (tertiary/aromatic N) is 4. The Morgan fingerprint density at radius 1 is 0.872 bits per heavy atom. The first kappa shape index (κ1) is 35.1. The van der Waals surface area contributed by atoms with Gasteiger partial charge in [-0.3, -0.25) is 14.7 Å². The van der Waals surface area contributed by atoms with Crippen molar-refractivity contribution in [2.24, 2.45) is 11.7 Å². The van der Waals surface area contributed by atoms with Crippen LogP contribution in [0.2, 0.25) is 0 Å². The molecule has 7 heteroatoms. The molecule has 3 heterocycles. The molecule has 47 heavy (non-hydrogen) atoms. The molecule has 0 aliphatic carbocycles. The Morgan fingerprint density at radius 2 is 1.51 bits per heavy atom. The third kappa shape index (κ3) is 8.81. The first-order valence-electron chi connectivity index (χ1n) is 18.1. The quantitative estimate of drug-likeness (QED) is 0.160. The number of likely N-dealkylation sites (tertiary alicyclic amines) is 2. The van der Waals surface area contributed by atoms with Crippen LogP contribution in [0.1, 0.15) is 81.4 Å². The molecule has 1 atom stereocenters. The smallest absolute Gasteiger partial charge is 0.232 e. The van der Waals surface area contributed by atoms with E-state index in [9.17, 15) is 4.79 Å². The van der Waals surface area contributed by atoms with Gasteiger partial charge in [-0.15, -0.1) is 0 Å². The molecule has 0 radical (unpaired) electrons. The molecule has 0 bridgehead atoms. The molecule has 2 aliphatic rings. The zero-order valence-corrected chi connectivity index (χ0v) is 28.9. The molecule has 2 fully saturated rings. The van der Waals surface area contributed by atoms with Gasteiger partial charge in [0.1, 0.15) is 11.2 Å². The summed E-state index contributed by atoms with van der Waals surface area (Å²) in [6.07, 6.45) is 14.8. The van der Waals surface area contributed by atoms with Crippen LogP contribution in [0.4, 0.5) is 0 Å². The van der Waals surface area contributed by atoms with Crippen molar-refractivity contribution in [3.05, 3.63) is 95.8 Å². The van der Waals surface area contributed by atoms with Crippen molar-refractivity contribution in [1.82, 2.24) is 19.7 Å². The van der Waals surface area contributed by atoms with E-state index in [4.69, 9.17) is 10.5 Å². The van der Waals surface area contributed by atoms with Crippen molar-refractivity contribution in [1.29, 1.82) is 0 Å². The summed E-state index contributed by atoms with van der Waals surface area (Å²) in [6, 6.07) is 23.1. The van der Waals surface area contributed by atoms with Gasteiger partial charge < -0.3 is 20.3 Å². The van der Waals surface area contributed by atoms with Crippen LogP contribution in [0, 0.1) is 5.92 Å². The second kappa shape index (κ2) is 17.8. The minimum Gasteiger partial charge on any atom is -0.496 e. The van der Waals surface area contributed by atoms with Crippen molar-refractivity contribution in [3.63, 3.8) is 0 Å². The van der Waals surface area contributed by atoms with Crippen LogP contribution in [0.25, 0.3) is 0 Å². The standard InChI is InChI=1S/C40H57N5O2/c1-3-24-45(37-21-28-44(29-22-37)31-33-30-42-23-19-38(33)47-2)26-14-6-4-5-13-25-43-27-20-36(32-43)40(39(41)46,34-15-9-7-10-16-34)35-17-11-8-12-18-35/h7-12,15-19,23,30,36-37H,3-6,13-14,20-22,24-29,31-32H2,1-2H3,(H2,41,46)/t36-/m1/s1. The maximum Gasteiger partial charge on any atom is 0.232 e. The minimum atomic E-state index is -0.800. The number of carbonyl (C=O) groups excluding carboxylic acids is 1. The van der Waals surface area contributed by atoms with E-state index in [-0.39, 0.29) is 11.8 Å². The maximum absolute atomic E-state index is 13.4. The summed E-state index contributed by atoms with van der Waals surface area (Å²) in [5, 5.41) is 0. The lowest BCUT2D eigenvalue weighted by Gasteiger charge is -2.38. The van der Waals surface area contributed by atoms with Crippen LogP contribution >= 0.6 is 0 Å². The van der Waals surface area contributed by atoms with Crippen LogP contribution in [0.3, 0.4) is 0 Å². The molecule has 254 valence electrons. The molecular weight excluding hydrogens is 582 g/mol. The number of rotatable bonds is 18. The number of hydrogen-bond donors (Lipinski definition) is 1. The first-order chi connectivity index (χ1) is 23.1. The number of nitrogens with two attached hydrogens (primary N) is 1. The Hall–Kier alpha value is -3.26. The predicted molar refractivity (Wildman–Crippen MR) is 191 cm³/mol. The number of amides is 1. The number of aromatic nitrogens is 1. The fourth-order valence-electron chi connectivity index (χ4n) is 8.28. The fraction of sp³-hybridized carbons (Fsp3) is 0.550. The fourth-order valence-corrected chi connectivity index (χ4v) is 8.28. The number of ether oxygens (including phenoxy) is 1. The number of carbonyl (C=O) groups is 1. The molecule has 2 aromatic carbocycles. The number of piperidine rings is 1. The highest BCUT2D eigenvalue weighted by Crippen LogP contribution is 2.43. The van der Waals surface area contributed by atoms with Crippen molar-refractivity contribution < 1.29 is 9.53 Å². The van der Waals surface area contributed by atoms with Gasteiger partial charge >= 0.3 is 0 Å². The number of primary amides is 1. The van der Waals surface area contributed by atoms with E-state index in [1.165, 1.54) is 70.0 Å². The Labute approximate surface area is 283 Å². The van der Waals surface area contributed by atoms with E-state index in [1.807, 2.05) is 48.7 Å². The highest BCUT2D eigenvalue weighted by atomic mass is 16.5. The Bertz CT molecular complexity index is 1310. The lowest BCUT2D eigenvalue weighted by molar-refractivity contribution is -0.123. The number of benzene rings is 2. The number of pyridine rings is 1. The van der Waals surface area contributed by atoms with E-state index in [0.717, 1.165) is 62.6 Å². The monoisotopic (exact) mass is 639 g/mol. The molecule has 1 amide bonds. The average molecular weight is 640 g/mol. The van der Waals surface area contributed by atoms with Crippen molar-refractivity contribution >= 4 is 5.91 Å². The summed E-state index contributed by atoms with van der Waals surface area (Å²) in [6.45, 7) is 11.0. The maximum atomic E-state index is 13.4. The number of methoxy groups -OCH3 is 1. The van der Waals surface area contributed by atoms with Crippen LogP contribution < -0.4 is 10.5 Å². The zero-order valence-electron chi connectivity index (χ0n) is 28.9. The summed E-state index contributed by atoms with van der Waals surface area (Å²) >= 11 is 0. The van der Waals surface area contributed by atoms with E-state index >= 15 is 0 Å². The minimum absolute atomic E-state index is 0.166. The average Bonchev–Trinajstić information content (AvgIpc) is 3.58. The van der Waals surface area contributed by atoms with Crippen molar-refractivity contribution in [2.45, 2.75) is 82.7 Å². The first-order valence-corrected chi connectivity index (χ1v) is 18.1. The van der Waals surface area contributed by atoms with E-state index in [2.05, 4.69) is 50.9 Å². The molecule has 5 rings (SSSR count). The van der Waals surface area contributed by atoms with Gasteiger partial charge in [-0.1, -0.05) is 86.8 Å². The van der Waals surface area contributed by atoms with Crippen LogP contribution in [-0.2, 0) is 16.8 Å². The van der Waals surface area contributed by atoms with Gasteiger partial charge in [0.15, 0.2) is 0 Å². The number of unbranched alkanes of at least 4 members (excludes halogenated alkanes) is 4. The summed E-state index contributed by atoms with van der Waals surface area (Å²) in [5.74, 6) is 0.866. The summed E-state index contributed by atoms with van der Waals surface area (Å²) in [7, 11) is 1.74. The van der Waals surface area contributed by atoms with Gasteiger partial charge in [0.05, 0.1) is 7.11 Å². The third-order valence-corrected chi connectivity index (χ3v) is 10.7. The zero-order chi connectivity index (χ0) is 32.9. The topological polar surface area (TPSA) is 74.9 Å². The Balaban J connectivity index is 1.03. The normalized spacial score (nSPS) is 18.1. The molecule has 0 spiro atoms. The highest BCUT2D eigenvalue weighted by molar-refractivity contribution is 5.91. The lowest BCUT2D eigenvalue weighted by atomic mass is 9.64. The molecule has 0 saturated carbocycles. The van der Waals surface area contributed by atoms with Crippen LogP contribution in [0.15, 0.2) is 79.1 Å². The van der Waals surface area contributed by atoms with Crippen molar-refractivity contribution in [2.75, 3.05) is 52.9 Å². The largest absolute Gasteiger partial charge is 0.496 e. The molecule has 2 saturated heterocycles. The summed E-state index contributed by atoms with van der Waals surface area (Å²) < 4.78 is 5.55. The Kier molecular flexibility index (Phi) is 13.3. The Morgan fingerprint density at radius 3 is 2.15 bits per heavy atom. The summed E-state index contributed by atoms with van der Waals surface area (Å²) in [5.41, 5.74) is 8.70. The lowest BCUT2D eigenvalue weighted by Crippen LogP contribution is -2.49. The molecule has 3 aromatic rings. The third-order valence-electron chi connectivity index (χ3n) is 10.7. The van der Waals surface area contributed by atoms with Gasteiger partial charge in [0.2, 0.25) is 5.91 Å². The molecule has 7 nitrogen and oxygen atoms in total. The van der Waals surface area contributed by atoms with Gasteiger partial charge in [0, 0.05) is 37.1 Å². The van der Waals surface area contributed by atoms with E-state index in [0.29, 0.717) is 6.04 Å². The second-order valence-electron chi connectivity index (χ2n) is 13.7. The second-order valence-corrected chi connectivity index (χ2v) is 13.7. The molecular formula is C40H57N5O2. The van der Waals surface area contributed by atoms with Crippen LogP contribution in [-0.4, -0.2) is 84.6 Å². The summed E-state index contributed by atoms with van der Waals surface area (Å²) in [4.78, 5) is 25.6.